The summed E-state index contributed by atoms with van der Waals surface area (Å²) in [6.07, 6.45) is 0. The molecule has 0 saturated heterocycles. The number of para-hydroxylation sites is 3. The Hall–Kier alpha value is -7.44. The van der Waals surface area contributed by atoms with Crippen molar-refractivity contribution in [3.8, 4) is 16.8 Å². The van der Waals surface area contributed by atoms with Crippen molar-refractivity contribution in [2.24, 2.45) is 0 Å². The summed E-state index contributed by atoms with van der Waals surface area (Å²) in [6.45, 7) is 0. The van der Waals surface area contributed by atoms with Crippen LogP contribution >= 0.6 is 22.7 Å². The zero-order chi connectivity index (χ0) is 40.3. The molecule has 0 saturated carbocycles. The molecule has 0 atom stereocenters. The molecule has 3 nitrogen and oxygen atoms in total. The second-order valence-corrected chi connectivity index (χ2v) is 17.5. The van der Waals surface area contributed by atoms with E-state index in [4.69, 9.17) is 0 Å². The molecular formula is C56H37N3S2. The maximum Gasteiger partial charge on any atom is 0.109 e. The molecule has 0 aliphatic rings. The molecule has 5 heteroatoms. The molecule has 0 spiro atoms. The molecule has 12 rings (SSSR count). The van der Waals surface area contributed by atoms with Gasteiger partial charge in [-0.05, 0) is 114 Å². The van der Waals surface area contributed by atoms with Crippen LogP contribution in [0.3, 0.4) is 0 Å². The first-order valence-electron chi connectivity index (χ1n) is 20.6. The van der Waals surface area contributed by atoms with E-state index >= 15 is 0 Å². The van der Waals surface area contributed by atoms with Gasteiger partial charge in [-0.15, -0.1) is 22.7 Å². The van der Waals surface area contributed by atoms with Gasteiger partial charge in [0.15, 0.2) is 0 Å². The Balaban J connectivity index is 1.05. The van der Waals surface area contributed by atoms with Crippen LogP contribution in [-0.2, 0) is 0 Å². The van der Waals surface area contributed by atoms with Crippen LogP contribution in [0, 0.1) is 0 Å². The molecule has 0 unspecified atom stereocenters. The lowest BCUT2D eigenvalue weighted by molar-refractivity contribution is 1.19. The van der Waals surface area contributed by atoms with E-state index in [0.717, 1.165) is 39.8 Å². The van der Waals surface area contributed by atoms with Crippen LogP contribution in [0.25, 0.3) is 68.2 Å². The second kappa shape index (κ2) is 14.7. The summed E-state index contributed by atoms with van der Waals surface area (Å²) in [4.78, 5) is 6.01. The molecule has 3 aromatic heterocycles. The van der Waals surface area contributed by atoms with Crippen LogP contribution in [-0.4, -0.2) is 4.57 Å². The quantitative estimate of drug-likeness (QED) is 0.151. The van der Waals surface area contributed by atoms with Gasteiger partial charge in [-0.25, -0.2) is 0 Å². The van der Waals surface area contributed by atoms with E-state index in [9.17, 15) is 0 Å². The number of anilines is 6. The zero-order valence-electron chi connectivity index (χ0n) is 33.0. The van der Waals surface area contributed by atoms with E-state index in [0.29, 0.717) is 0 Å². The van der Waals surface area contributed by atoms with Crippen LogP contribution in [0.1, 0.15) is 0 Å². The van der Waals surface area contributed by atoms with Crippen molar-refractivity contribution in [1.29, 1.82) is 0 Å². The van der Waals surface area contributed by atoms with Gasteiger partial charge in [0, 0.05) is 80.8 Å². The minimum Gasteiger partial charge on any atom is -0.310 e. The minimum absolute atomic E-state index is 1.11. The number of hydrogen-bond acceptors (Lipinski definition) is 4. The van der Waals surface area contributed by atoms with Crippen molar-refractivity contribution < 1.29 is 0 Å². The van der Waals surface area contributed by atoms with Gasteiger partial charge in [0.2, 0.25) is 0 Å². The second-order valence-electron chi connectivity index (χ2n) is 15.4. The van der Waals surface area contributed by atoms with Crippen molar-refractivity contribution in [3.63, 3.8) is 0 Å². The van der Waals surface area contributed by atoms with Crippen LogP contribution in [0.5, 0.6) is 0 Å². The van der Waals surface area contributed by atoms with Crippen molar-refractivity contribution >= 4 is 108 Å². The summed E-state index contributed by atoms with van der Waals surface area (Å²) < 4.78 is 6.34. The number of benzene rings is 9. The molecule has 9 aromatic carbocycles. The lowest BCUT2D eigenvalue weighted by Crippen LogP contribution is -2.10. The van der Waals surface area contributed by atoms with Gasteiger partial charge in [0.1, 0.15) is 4.83 Å². The third-order valence-corrected chi connectivity index (χ3v) is 14.1. The molecule has 61 heavy (non-hydrogen) atoms. The summed E-state index contributed by atoms with van der Waals surface area (Å²) in [5.74, 6) is 0. The summed E-state index contributed by atoms with van der Waals surface area (Å²) in [6, 6.07) is 81.5. The highest BCUT2D eigenvalue weighted by molar-refractivity contribution is 7.26. The molecule has 0 amide bonds. The minimum atomic E-state index is 1.11. The fourth-order valence-corrected chi connectivity index (χ4v) is 11.3. The van der Waals surface area contributed by atoms with Gasteiger partial charge in [0.25, 0.3) is 0 Å². The molecule has 0 aliphatic heterocycles. The number of rotatable bonds is 8. The predicted octanol–water partition coefficient (Wildman–Crippen LogP) is 17.0. The van der Waals surface area contributed by atoms with Crippen LogP contribution in [0.2, 0.25) is 0 Å². The first kappa shape index (κ1) is 35.5. The van der Waals surface area contributed by atoms with Gasteiger partial charge >= 0.3 is 0 Å². The number of thiophene rings is 2. The monoisotopic (exact) mass is 815 g/mol. The third kappa shape index (κ3) is 6.09. The largest absolute Gasteiger partial charge is 0.310 e. The molecule has 3 heterocycles. The molecular weight excluding hydrogens is 779 g/mol. The Morgan fingerprint density at radius 2 is 0.787 bits per heavy atom. The number of fused-ring (bicyclic) bond motifs is 8. The molecule has 0 bridgehead atoms. The standard InChI is InChI=1S/C56H37N3S2/c1-5-15-38(16-6-1)39-25-27-43(28-26-39)57(40-17-7-2-8-18-40)45-31-34-54-50(36-45)55-48-32-29-46(37-51(48)59(56(55)61-54)42-21-11-4-12-22-42)58(41-19-9-3-10-20-41)44-30-33-53-49(35-44)47-23-13-14-24-52(47)60-53/h1-37H. The lowest BCUT2D eigenvalue weighted by Gasteiger charge is -2.26. The van der Waals surface area contributed by atoms with Crippen LogP contribution in [0.4, 0.5) is 34.1 Å². The summed E-state index contributed by atoms with van der Waals surface area (Å²) >= 11 is 3.72. The van der Waals surface area contributed by atoms with Gasteiger partial charge in [-0.3, -0.25) is 0 Å². The van der Waals surface area contributed by atoms with Crippen LogP contribution in [0.15, 0.2) is 224 Å². The van der Waals surface area contributed by atoms with E-state index in [1.54, 1.807) is 0 Å². The number of nitrogens with zero attached hydrogens (tertiary/aromatic N) is 3. The van der Waals surface area contributed by atoms with E-state index < -0.39 is 0 Å². The Morgan fingerprint density at radius 1 is 0.311 bits per heavy atom. The average Bonchev–Trinajstić information content (AvgIpc) is 3.99. The third-order valence-electron chi connectivity index (χ3n) is 11.8. The van der Waals surface area contributed by atoms with Crippen LogP contribution < -0.4 is 9.80 Å². The smallest absolute Gasteiger partial charge is 0.109 e. The zero-order valence-corrected chi connectivity index (χ0v) is 34.7. The molecule has 0 N–H and O–H groups in total. The highest BCUT2D eigenvalue weighted by Crippen LogP contribution is 2.48. The fourth-order valence-electron chi connectivity index (χ4n) is 8.96. The summed E-state index contributed by atoms with van der Waals surface area (Å²) in [5, 5.41) is 6.34. The Kier molecular flexibility index (Phi) is 8.54. The van der Waals surface area contributed by atoms with Gasteiger partial charge in [-0.2, -0.15) is 0 Å². The van der Waals surface area contributed by atoms with Crippen molar-refractivity contribution in [2.75, 3.05) is 9.80 Å². The average molecular weight is 816 g/mol. The normalized spacial score (nSPS) is 11.6. The Labute approximate surface area is 361 Å². The Morgan fingerprint density at radius 3 is 1.48 bits per heavy atom. The Bertz CT molecular complexity index is 3520. The highest BCUT2D eigenvalue weighted by Gasteiger charge is 2.22. The SMILES string of the molecule is c1ccc(-c2ccc(N(c3ccccc3)c3ccc4sc5c(c4c3)c3ccc(N(c4ccccc4)c4ccc6sc7ccccc7c6c4)cc3n5-c3ccccc3)cc2)cc1. The van der Waals surface area contributed by atoms with Gasteiger partial charge < -0.3 is 14.4 Å². The first-order valence-corrected chi connectivity index (χ1v) is 22.2. The van der Waals surface area contributed by atoms with E-state index in [2.05, 4.69) is 239 Å². The molecule has 288 valence electrons. The van der Waals surface area contributed by atoms with Gasteiger partial charge in [0.05, 0.1) is 5.52 Å². The number of aromatic nitrogens is 1. The molecule has 0 fully saturated rings. The van der Waals surface area contributed by atoms with Gasteiger partial charge in [-0.1, -0.05) is 121 Å². The van der Waals surface area contributed by atoms with Crippen molar-refractivity contribution in [2.45, 2.75) is 0 Å². The topological polar surface area (TPSA) is 11.4 Å². The first-order chi connectivity index (χ1) is 30.2. The highest BCUT2D eigenvalue weighted by atomic mass is 32.1. The summed E-state index contributed by atoms with van der Waals surface area (Å²) in [7, 11) is 0. The van der Waals surface area contributed by atoms with Crippen molar-refractivity contribution in [1.82, 2.24) is 4.57 Å². The molecule has 0 radical (unpaired) electrons. The predicted molar refractivity (Wildman–Crippen MR) is 264 cm³/mol. The van der Waals surface area contributed by atoms with E-state index in [1.807, 2.05) is 22.7 Å². The maximum absolute atomic E-state index is 2.47. The van der Waals surface area contributed by atoms with Crippen molar-refractivity contribution in [3.05, 3.63) is 224 Å². The maximum atomic E-state index is 2.47. The molecule has 12 aromatic rings. The summed E-state index contributed by atoms with van der Waals surface area (Å²) in [5.41, 5.74) is 11.5. The molecule has 0 aliphatic carbocycles. The van der Waals surface area contributed by atoms with E-state index in [-0.39, 0.29) is 0 Å². The lowest BCUT2D eigenvalue weighted by atomic mass is 10.0. The number of hydrogen-bond donors (Lipinski definition) is 0. The van der Waals surface area contributed by atoms with E-state index in [1.165, 1.54) is 62.5 Å². The fraction of sp³-hybridized carbons (Fsp3) is 0.